The van der Waals surface area contributed by atoms with E-state index in [2.05, 4.69) is 31.9 Å². The molecule has 0 heterocycles. The van der Waals surface area contributed by atoms with Crippen LogP contribution in [0.4, 0.5) is 4.39 Å². The van der Waals surface area contributed by atoms with Crippen LogP contribution in [0.2, 0.25) is 0 Å². The van der Waals surface area contributed by atoms with Gasteiger partial charge < -0.3 is 9.84 Å². The van der Waals surface area contributed by atoms with E-state index in [-0.39, 0.29) is 5.75 Å². The SMILES string of the molecule is O=C(O)/C=C/c1cc(Br)ccc1Oc1cc(Br)ccc1F. The maximum absolute atomic E-state index is 13.7. The Morgan fingerprint density at radius 2 is 1.76 bits per heavy atom. The summed E-state index contributed by atoms with van der Waals surface area (Å²) in [4.78, 5) is 10.6. The standard InChI is InChI=1S/C15H9Br2FO3/c16-10-3-5-13(9(7-10)1-6-15(19)20)21-14-8-11(17)2-4-12(14)18/h1-8H,(H,19,20)/b6-1+. The molecule has 3 nitrogen and oxygen atoms in total. The monoisotopic (exact) mass is 414 g/mol. The summed E-state index contributed by atoms with van der Waals surface area (Å²) in [6, 6.07) is 9.39. The largest absolute Gasteiger partial charge is 0.478 e. The Labute approximate surface area is 137 Å². The lowest BCUT2D eigenvalue weighted by Crippen LogP contribution is -1.92. The molecule has 0 aliphatic rings. The quantitative estimate of drug-likeness (QED) is 0.694. The van der Waals surface area contributed by atoms with E-state index < -0.39 is 11.8 Å². The molecule has 0 aliphatic heterocycles. The van der Waals surface area contributed by atoms with E-state index in [0.717, 1.165) is 10.5 Å². The molecule has 0 aromatic heterocycles. The molecule has 6 heteroatoms. The second kappa shape index (κ2) is 6.87. The van der Waals surface area contributed by atoms with Gasteiger partial charge in [-0.2, -0.15) is 0 Å². The second-order valence-electron chi connectivity index (χ2n) is 4.03. The van der Waals surface area contributed by atoms with E-state index >= 15 is 0 Å². The topological polar surface area (TPSA) is 46.5 Å². The predicted octanol–water partition coefficient (Wildman–Crippen LogP) is 5.24. The van der Waals surface area contributed by atoms with Gasteiger partial charge in [-0.25, -0.2) is 9.18 Å². The minimum Gasteiger partial charge on any atom is -0.478 e. The Hall–Kier alpha value is -1.66. The summed E-state index contributed by atoms with van der Waals surface area (Å²) in [6.45, 7) is 0. The third-order valence-electron chi connectivity index (χ3n) is 2.49. The van der Waals surface area contributed by atoms with Gasteiger partial charge in [0.05, 0.1) is 0 Å². The molecular formula is C15H9Br2FO3. The van der Waals surface area contributed by atoms with Gasteiger partial charge in [-0.05, 0) is 42.5 Å². The van der Waals surface area contributed by atoms with Gasteiger partial charge in [0, 0.05) is 20.6 Å². The van der Waals surface area contributed by atoms with Crippen molar-refractivity contribution in [2.24, 2.45) is 0 Å². The summed E-state index contributed by atoms with van der Waals surface area (Å²) in [5, 5.41) is 8.70. The van der Waals surface area contributed by atoms with Crippen LogP contribution in [0.15, 0.2) is 51.4 Å². The van der Waals surface area contributed by atoms with E-state index in [1.165, 1.54) is 18.2 Å². The predicted molar refractivity (Wildman–Crippen MR) is 85.0 cm³/mol. The number of aliphatic carboxylic acids is 1. The highest BCUT2D eigenvalue weighted by Gasteiger charge is 2.09. The number of carboxylic acids is 1. The molecule has 0 fully saturated rings. The van der Waals surface area contributed by atoms with Gasteiger partial charge in [-0.1, -0.05) is 31.9 Å². The first kappa shape index (κ1) is 15.7. The molecule has 0 bridgehead atoms. The minimum atomic E-state index is -1.07. The molecule has 21 heavy (non-hydrogen) atoms. The molecule has 0 unspecified atom stereocenters. The lowest BCUT2D eigenvalue weighted by Gasteiger charge is -2.10. The van der Waals surface area contributed by atoms with E-state index in [9.17, 15) is 9.18 Å². The van der Waals surface area contributed by atoms with E-state index in [0.29, 0.717) is 15.8 Å². The Bertz CT molecular complexity index is 714. The van der Waals surface area contributed by atoms with Crippen molar-refractivity contribution < 1.29 is 19.0 Å². The Kier molecular flexibility index (Phi) is 5.14. The van der Waals surface area contributed by atoms with Gasteiger partial charge in [0.15, 0.2) is 11.6 Å². The highest BCUT2D eigenvalue weighted by atomic mass is 79.9. The number of carboxylic acid groups (broad SMARTS) is 1. The normalized spacial score (nSPS) is 10.8. The van der Waals surface area contributed by atoms with Crippen molar-refractivity contribution in [3.05, 3.63) is 62.8 Å². The van der Waals surface area contributed by atoms with Crippen LogP contribution in [-0.4, -0.2) is 11.1 Å². The van der Waals surface area contributed by atoms with Gasteiger partial charge >= 0.3 is 5.97 Å². The number of hydrogen-bond acceptors (Lipinski definition) is 2. The molecule has 2 rings (SSSR count). The van der Waals surface area contributed by atoms with Crippen LogP contribution in [0.25, 0.3) is 6.08 Å². The van der Waals surface area contributed by atoms with E-state index in [1.54, 1.807) is 24.3 Å². The van der Waals surface area contributed by atoms with Crippen molar-refractivity contribution in [1.82, 2.24) is 0 Å². The Balaban J connectivity index is 2.39. The number of carbonyl (C=O) groups is 1. The number of rotatable bonds is 4. The lowest BCUT2D eigenvalue weighted by molar-refractivity contribution is -0.131. The molecule has 1 N–H and O–H groups in total. The second-order valence-corrected chi connectivity index (χ2v) is 5.86. The zero-order valence-corrected chi connectivity index (χ0v) is 13.7. The smallest absolute Gasteiger partial charge is 0.328 e. The average molecular weight is 416 g/mol. The third kappa shape index (κ3) is 4.41. The zero-order chi connectivity index (χ0) is 15.4. The first-order valence-corrected chi connectivity index (χ1v) is 7.38. The first-order chi connectivity index (χ1) is 9.95. The number of ether oxygens (including phenoxy) is 1. The summed E-state index contributed by atoms with van der Waals surface area (Å²) < 4.78 is 20.7. The maximum Gasteiger partial charge on any atom is 0.328 e. The third-order valence-corrected chi connectivity index (χ3v) is 3.48. The Morgan fingerprint density at radius 1 is 1.10 bits per heavy atom. The van der Waals surface area contributed by atoms with Gasteiger partial charge in [-0.15, -0.1) is 0 Å². The van der Waals surface area contributed by atoms with Crippen LogP contribution < -0.4 is 4.74 Å². The number of hydrogen-bond donors (Lipinski definition) is 1. The van der Waals surface area contributed by atoms with Gasteiger partial charge in [0.1, 0.15) is 5.75 Å². The maximum atomic E-state index is 13.7. The fourth-order valence-electron chi connectivity index (χ4n) is 1.58. The van der Waals surface area contributed by atoms with Crippen molar-refractivity contribution in [3.8, 4) is 11.5 Å². The van der Waals surface area contributed by atoms with Gasteiger partial charge in [0.25, 0.3) is 0 Å². The molecule has 0 spiro atoms. The van der Waals surface area contributed by atoms with Crippen molar-refractivity contribution in [1.29, 1.82) is 0 Å². The fourth-order valence-corrected chi connectivity index (χ4v) is 2.30. The molecule has 0 aliphatic carbocycles. The van der Waals surface area contributed by atoms with Gasteiger partial charge in [0.2, 0.25) is 0 Å². The first-order valence-electron chi connectivity index (χ1n) is 5.79. The minimum absolute atomic E-state index is 0.0525. The fraction of sp³-hybridized carbons (Fsp3) is 0. The van der Waals surface area contributed by atoms with E-state index in [4.69, 9.17) is 9.84 Å². The van der Waals surface area contributed by atoms with Crippen LogP contribution >= 0.6 is 31.9 Å². The molecule has 0 radical (unpaired) electrons. The van der Waals surface area contributed by atoms with Crippen LogP contribution in [0.1, 0.15) is 5.56 Å². The van der Waals surface area contributed by atoms with Crippen LogP contribution in [0, 0.1) is 5.82 Å². The van der Waals surface area contributed by atoms with Crippen molar-refractivity contribution in [2.45, 2.75) is 0 Å². The van der Waals surface area contributed by atoms with Crippen LogP contribution in [-0.2, 0) is 4.79 Å². The zero-order valence-electron chi connectivity index (χ0n) is 10.5. The summed E-state index contributed by atoms with van der Waals surface area (Å²) >= 11 is 6.54. The molecule has 0 amide bonds. The summed E-state index contributed by atoms with van der Waals surface area (Å²) in [7, 11) is 0. The molecular weight excluding hydrogens is 407 g/mol. The van der Waals surface area contributed by atoms with Crippen molar-refractivity contribution in [2.75, 3.05) is 0 Å². The molecule has 0 atom stereocenters. The molecule has 0 saturated heterocycles. The highest BCUT2D eigenvalue weighted by Crippen LogP contribution is 2.32. The number of benzene rings is 2. The summed E-state index contributed by atoms with van der Waals surface area (Å²) in [6.07, 6.45) is 2.38. The van der Waals surface area contributed by atoms with E-state index in [1.807, 2.05) is 0 Å². The van der Waals surface area contributed by atoms with Crippen LogP contribution in [0.3, 0.4) is 0 Å². The average Bonchev–Trinajstić information content (AvgIpc) is 2.43. The van der Waals surface area contributed by atoms with Gasteiger partial charge in [-0.3, -0.25) is 0 Å². The molecule has 2 aromatic rings. The summed E-state index contributed by atoms with van der Waals surface area (Å²) in [5.41, 5.74) is 0.520. The molecule has 108 valence electrons. The molecule has 0 saturated carbocycles. The number of halogens is 3. The Morgan fingerprint density at radius 3 is 2.48 bits per heavy atom. The summed E-state index contributed by atoms with van der Waals surface area (Å²) in [5.74, 6) is -1.17. The van der Waals surface area contributed by atoms with Crippen molar-refractivity contribution in [3.63, 3.8) is 0 Å². The van der Waals surface area contributed by atoms with Crippen LogP contribution in [0.5, 0.6) is 11.5 Å². The highest BCUT2D eigenvalue weighted by molar-refractivity contribution is 9.10. The molecule has 2 aromatic carbocycles. The lowest BCUT2D eigenvalue weighted by atomic mass is 10.2. The van der Waals surface area contributed by atoms with Crippen molar-refractivity contribution >= 4 is 43.9 Å².